The Kier molecular flexibility index (Phi) is 1.75. The lowest BCUT2D eigenvalue weighted by Crippen LogP contribution is -1.74. The molecule has 0 aliphatic rings. The number of benzene rings is 2. The highest BCUT2D eigenvalue weighted by Gasteiger charge is 1.95. The molecule has 0 fully saturated rings. The van der Waals surface area contributed by atoms with Crippen molar-refractivity contribution in [2.75, 3.05) is 0 Å². The molecule has 0 aromatic heterocycles. The zero-order valence-electron chi connectivity index (χ0n) is 7.41. The maximum Gasteiger partial charge on any atom is 0.187 e. The first-order valence-electron chi connectivity index (χ1n) is 4.17. The summed E-state index contributed by atoms with van der Waals surface area (Å²) < 4.78 is 0. The molecule has 0 saturated carbocycles. The fraction of sp³-hybridized carbons (Fsp3) is 0.0833. The van der Waals surface area contributed by atoms with Crippen molar-refractivity contribution in [3.63, 3.8) is 0 Å². The number of hydrogen-bond acceptors (Lipinski definition) is 0. The largest absolute Gasteiger partial charge is 0.238 e. The highest BCUT2D eigenvalue weighted by molar-refractivity contribution is 5.86. The molecule has 0 amide bonds. The van der Waals surface area contributed by atoms with E-state index in [1.54, 1.807) is 0 Å². The molecule has 0 spiro atoms. The zero-order chi connectivity index (χ0) is 9.26. The molecule has 2 aromatic rings. The van der Waals surface area contributed by atoms with Crippen LogP contribution in [0.2, 0.25) is 0 Å². The molecule has 0 saturated heterocycles. The molecule has 0 atom stereocenters. The van der Waals surface area contributed by atoms with Gasteiger partial charge in [-0.05, 0) is 23.8 Å². The molecule has 0 aliphatic heterocycles. The Bertz CT molecular complexity index is 492. The SMILES string of the molecule is [C-]#[N+]c1ccc2ccc(C)cc2c1. The van der Waals surface area contributed by atoms with Crippen molar-refractivity contribution in [3.05, 3.63) is 53.4 Å². The summed E-state index contributed by atoms with van der Waals surface area (Å²) >= 11 is 0. The van der Waals surface area contributed by atoms with E-state index in [-0.39, 0.29) is 0 Å². The summed E-state index contributed by atoms with van der Waals surface area (Å²) in [5.74, 6) is 0. The van der Waals surface area contributed by atoms with Crippen LogP contribution in [-0.2, 0) is 0 Å². The maximum absolute atomic E-state index is 6.90. The van der Waals surface area contributed by atoms with Crippen LogP contribution in [0.15, 0.2) is 36.4 Å². The van der Waals surface area contributed by atoms with Crippen LogP contribution in [0.25, 0.3) is 15.6 Å². The molecule has 2 aromatic carbocycles. The van der Waals surface area contributed by atoms with Crippen molar-refractivity contribution in [2.45, 2.75) is 6.92 Å². The van der Waals surface area contributed by atoms with Crippen LogP contribution in [0.3, 0.4) is 0 Å². The van der Waals surface area contributed by atoms with Crippen LogP contribution in [0.5, 0.6) is 0 Å². The van der Waals surface area contributed by atoms with E-state index in [2.05, 4.69) is 30.0 Å². The Labute approximate surface area is 77.4 Å². The van der Waals surface area contributed by atoms with Gasteiger partial charge in [-0.2, -0.15) is 0 Å². The van der Waals surface area contributed by atoms with Crippen LogP contribution in [0.1, 0.15) is 5.56 Å². The smallest absolute Gasteiger partial charge is 0.187 e. The van der Waals surface area contributed by atoms with Gasteiger partial charge in [0, 0.05) is 0 Å². The standard InChI is InChI=1S/C12H9N/c1-9-3-4-10-5-6-12(13-2)8-11(10)7-9/h3-8H,1H3. The van der Waals surface area contributed by atoms with Crippen molar-refractivity contribution in [2.24, 2.45) is 0 Å². The van der Waals surface area contributed by atoms with Gasteiger partial charge in [0.1, 0.15) is 0 Å². The fourth-order valence-electron chi connectivity index (χ4n) is 1.42. The van der Waals surface area contributed by atoms with Crippen molar-refractivity contribution >= 4 is 16.5 Å². The van der Waals surface area contributed by atoms with Gasteiger partial charge in [-0.25, -0.2) is 4.85 Å². The lowest BCUT2D eigenvalue weighted by atomic mass is 10.1. The monoisotopic (exact) mass is 167 g/mol. The zero-order valence-corrected chi connectivity index (χ0v) is 7.41. The summed E-state index contributed by atoms with van der Waals surface area (Å²) in [6.07, 6.45) is 0. The summed E-state index contributed by atoms with van der Waals surface area (Å²) in [6, 6.07) is 12.0. The van der Waals surface area contributed by atoms with Crippen LogP contribution in [0, 0.1) is 13.5 Å². The van der Waals surface area contributed by atoms with Crippen LogP contribution < -0.4 is 0 Å². The molecule has 1 nitrogen and oxygen atoms in total. The second-order valence-electron chi connectivity index (χ2n) is 3.15. The lowest BCUT2D eigenvalue weighted by molar-refractivity contribution is 1.51. The van der Waals surface area contributed by atoms with Gasteiger partial charge < -0.3 is 0 Å². The normalized spacial score (nSPS) is 9.85. The molecule has 0 radical (unpaired) electrons. The summed E-state index contributed by atoms with van der Waals surface area (Å²) in [5, 5.41) is 2.34. The lowest BCUT2D eigenvalue weighted by Gasteiger charge is -1.99. The van der Waals surface area contributed by atoms with Crippen molar-refractivity contribution in [3.8, 4) is 0 Å². The van der Waals surface area contributed by atoms with E-state index in [9.17, 15) is 0 Å². The minimum absolute atomic E-state index is 0.707. The first-order valence-corrected chi connectivity index (χ1v) is 4.17. The van der Waals surface area contributed by atoms with Gasteiger partial charge in [-0.1, -0.05) is 35.9 Å². The molecule has 0 heterocycles. The van der Waals surface area contributed by atoms with E-state index in [0.29, 0.717) is 5.69 Å². The van der Waals surface area contributed by atoms with Gasteiger partial charge in [-0.15, -0.1) is 0 Å². The molecular formula is C12H9N. The number of nitrogens with zero attached hydrogens (tertiary/aromatic N) is 1. The van der Waals surface area contributed by atoms with E-state index >= 15 is 0 Å². The summed E-state index contributed by atoms with van der Waals surface area (Å²) in [7, 11) is 0. The van der Waals surface area contributed by atoms with Crippen molar-refractivity contribution in [1.29, 1.82) is 0 Å². The van der Waals surface area contributed by atoms with Gasteiger partial charge in [0.25, 0.3) is 0 Å². The molecule has 0 unspecified atom stereocenters. The number of rotatable bonds is 0. The molecule has 1 heteroatoms. The van der Waals surface area contributed by atoms with Crippen molar-refractivity contribution in [1.82, 2.24) is 0 Å². The summed E-state index contributed by atoms with van der Waals surface area (Å²) in [6.45, 7) is 8.96. The molecular weight excluding hydrogens is 158 g/mol. The Morgan fingerprint density at radius 3 is 2.54 bits per heavy atom. The first kappa shape index (κ1) is 7.82. The Morgan fingerprint density at radius 1 is 1.00 bits per heavy atom. The molecule has 2 rings (SSSR count). The average molecular weight is 167 g/mol. The van der Waals surface area contributed by atoms with Gasteiger partial charge >= 0.3 is 0 Å². The van der Waals surface area contributed by atoms with Gasteiger partial charge in [0.2, 0.25) is 0 Å². The Hall–Kier alpha value is -1.81. The van der Waals surface area contributed by atoms with E-state index in [1.807, 2.05) is 18.2 Å². The maximum atomic E-state index is 6.90. The van der Waals surface area contributed by atoms with Crippen LogP contribution in [0.4, 0.5) is 5.69 Å². The number of fused-ring (bicyclic) bond motifs is 1. The highest BCUT2D eigenvalue weighted by Crippen LogP contribution is 2.21. The minimum atomic E-state index is 0.707. The highest BCUT2D eigenvalue weighted by atomic mass is 14.6. The van der Waals surface area contributed by atoms with Crippen molar-refractivity contribution < 1.29 is 0 Å². The Morgan fingerprint density at radius 2 is 1.77 bits per heavy atom. The molecule has 13 heavy (non-hydrogen) atoms. The predicted octanol–water partition coefficient (Wildman–Crippen LogP) is 3.70. The van der Waals surface area contributed by atoms with E-state index < -0.39 is 0 Å². The Balaban J connectivity index is 2.77. The second-order valence-corrected chi connectivity index (χ2v) is 3.15. The molecule has 0 aliphatic carbocycles. The van der Waals surface area contributed by atoms with E-state index in [4.69, 9.17) is 6.57 Å². The number of hydrogen-bond donors (Lipinski definition) is 0. The van der Waals surface area contributed by atoms with Crippen LogP contribution in [-0.4, -0.2) is 0 Å². The van der Waals surface area contributed by atoms with Gasteiger partial charge in [-0.3, -0.25) is 0 Å². The third kappa shape index (κ3) is 1.39. The van der Waals surface area contributed by atoms with Crippen LogP contribution >= 0.6 is 0 Å². The fourth-order valence-corrected chi connectivity index (χ4v) is 1.42. The average Bonchev–Trinajstić information content (AvgIpc) is 2.16. The predicted molar refractivity (Wildman–Crippen MR) is 54.9 cm³/mol. The minimum Gasteiger partial charge on any atom is -0.238 e. The summed E-state index contributed by atoms with van der Waals surface area (Å²) in [4.78, 5) is 3.40. The molecule has 0 bridgehead atoms. The number of aryl methyl sites for hydroxylation is 1. The molecule has 62 valence electrons. The summed E-state index contributed by atoms with van der Waals surface area (Å²) in [5.41, 5.74) is 1.94. The topological polar surface area (TPSA) is 4.36 Å². The third-order valence-electron chi connectivity index (χ3n) is 2.11. The van der Waals surface area contributed by atoms with E-state index in [1.165, 1.54) is 10.9 Å². The van der Waals surface area contributed by atoms with Gasteiger partial charge in [0.15, 0.2) is 5.69 Å². The molecule has 0 N–H and O–H groups in total. The van der Waals surface area contributed by atoms with E-state index in [0.717, 1.165) is 5.39 Å². The quantitative estimate of drug-likeness (QED) is 0.527. The van der Waals surface area contributed by atoms with Gasteiger partial charge in [0.05, 0.1) is 6.57 Å². The third-order valence-corrected chi connectivity index (χ3v) is 2.11. The second kappa shape index (κ2) is 2.91. The first-order chi connectivity index (χ1) is 6.29.